The molecule has 0 radical (unpaired) electrons. The van der Waals surface area contributed by atoms with Crippen molar-refractivity contribution < 1.29 is 4.79 Å². The van der Waals surface area contributed by atoms with Crippen LogP contribution in [0.2, 0.25) is 0 Å². The third-order valence-electron chi connectivity index (χ3n) is 10.6. The summed E-state index contributed by atoms with van der Waals surface area (Å²) in [5.41, 5.74) is 11.3. The smallest absolute Gasteiger partial charge is 0.286 e. The molecule has 17 nitrogen and oxygen atoms in total. The molecule has 0 saturated heterocycles. The first-order valence-electron chi connectivity index (χ1n) is 18.6. The highest BCUT2D eigenvalue weighted by atomic mass is 16.1. The first-order chi connectivity index (χ1) is 27.5. The molecule has 2 aliphatic carbocycles. The van der Waals surface area contributed by atoms with E-state index < -0.39 is 5.91 Å². The van der Waals surface area contributed by atoms with Gasteiger partial charge in [-0.05, 0) is 64.8 Å². The molecule has 2 N–H and O–H groups in total. The topological polar surface area (TPSA) is 216 Å². The fourth-order valence-electron chi connectivity index (χ4n) is 7.74. The number of imidazole rings is 2. The minimum absolute atomic E-state index is 0.0132. The van der Waals surface area contributed by atoms with Gasteiger partial charge in [0.25, 0.3) is 5.91 Å². The molecule has 0 aliphatic heterocycles. The monoisotopic (exact) mass is 758 g/mol. The maximum Gasteiger partial charge on any atom is 0.286 e. The number of hydrogen-bond donors (Lipinski definition) is 1. The Morgan fingerprint density at radius 2 is 1.12 bits per heavy atom. The Morgan fingerprint density at radius 3 is 1.56 bits per heavy atom. The lowest BCUT2D eigenvalue weighted by Crippen LogP contribution is -2.18. The highest BCUT2D eigenvalue weighted by Gasteiger charge is 2.45. The van der Waals surface area contributed by atoms with E-state index in [1.807, 2.05) is 90.3 Å². The van der Waals surface area contributed by atoms with Gasteiger partial charge in [0, 0.05) is 49.9 Å². The van der Waals surface area contributed by atoms with Crippen LogP contribution in [-0.4, -0.2) is 74.5 Å². The minimum atomic E-state index is -0.664. The number of carbonyl (C=O) groups is 1. The van der Waals surface area contributed by atoms with Gasteiger partial charge in [-0.25, -0.2) is 34.9 Å². The molecule has 2 aliphatic rings. The number of nitrogens with zero attached hydrogens (tertiary/aromatic N) is 15. The maximum atomic E-state index is 11.8. The summed E-state index contributed by atoms with van der Waals surface area (Å²) in [7, 11) is 4.08. The first kappa shape index (κ1) is 35.5. The van der Waals surface area contributed by atoms with Crippen molar-refractivity contribution in [2.45, 2.75) is 64.2 Å². The van der Waals surface area contributed by atoms with Crippen molar-refractivity contribution >= 4 is 28.0 Å². The molecule has 4 atom stereocenters. The van der Waals surface area contributed by atoms with E-state index in [9.17, 15) is 10.1 Å². The second kappa shape index (κ2) is 13.5. The molecule has 2 fully saturated rings. The molecule has 284 valence electrons. The van der Waals surface area contributed by atoms with E-state index in [1.54, 1.807) is 9.36 Å². The number of aromatic nitrogens is 14. The van der Waals surface area contributed by atoms with Crippen LogP contribution in [0.25, 0.3) is 33.7 Å². The van der Waals surface area contributed by atoms with Crippen molar-refractivity contribution in [3.63, 3.8) is 0 Å². The number of para-hydroxylation sites is 4. The van der Waals surface area contributed by atoms with Crippen LogP contribution in [0.1, 0.15) is 99.3 Å². The minimum Gasteiger partial charge on any atom is -0.363 e. The number of fused-ring (bicyclic) bond motifs is 2. The second-order valence-electron chi connectivity index (χ2n) is 14.6. The predicted molar refractivity (Wildman–Crippen MR) is 208 cm³/mol. The number of amides is 1. The van der Waals surface area contributed by atoms with Crippen LogP contribution in [0.15, 0.2) is 60.7 Å². The second-order valence-corrected chi connectivity index (χ2v) is 14.6. The van der Waals surface area contributed by atoms with E-state index in [-0.39, 0.29) is 35.3 Å². The molecule has 4 unspecified atom stereocenters. The van der Waals surface area contributed by atoms with Crippen molar-refractivity contribution in [1.82, 2.24) is 68.6 Å². The average molecular weight is 759 g/mol. The number of aryl methyl sites for hydroxylation is 6. The Kier molecular flexibility index (Phi) is 8.41. The number of hydrogen-bond acceptors (Lipinski definition) is 12. The molecule has 6 aromatic heterocycles. The Bertz CT molecular complexity index is 2930. The largest absolute Gasteiger partial charge is 0.363 e. The molecule has 2 aromatic carbocycles. The van der Waals surface area contributed by atoms with Crippen LogP contribution in [0.5, 0.6) is 0 Å². The third kappa shape index (κ3) is 6.44. The lowest BCUT2D eigenvalue weighted by Gasteiger charge is -2.07. The summed E-state index contributed by atoms with van der Waals surface area (Å²) in [5.74, 6) is 6.21. The lowest BCUT2D eigenvalue weighted by atomic mass is 10.2. The van der Waals surface area contributed by atoms with Gasteiger partial charge < -0.3 is 14.9 Å². The van der Waals surface area contributed by atoms with Gasteiger partial charge in [-0.3, -0.25) is 4.79 Å². The van der Waals surface area contributed by atoms with E-state index in [1.165, 1.54) is 0 Å². The van der Waals surface area contributed by atoms with Gasteiger partial charge in [0.05, 0.1) is 33.5 Å². The fraction of sp³-hybridized carbons (Fsp3) is 0.300. The average Bonchev–Trinajstić information content (AvgIpc) is 4.05. The standard InChI is InChI=1S/C20H20N8O.C20H18N8/c1-10-22-11(2)28(26-10)17-9-15(23-19(25-17)18(21)29)12-8-13(12)20-24-14-6-4-5-7-16(14)27(20)3;1-11-22-12(2)28(26-11)19-9-16(23-18(10-21)25-19)13-8-14(13)20-24-15-6-4-5-7-17(15)27(20)3/h4-7,9,12-13H,8H2,1-3H3,(H2,21,29);4-7,9,13-14H,8H2,1-3H3. The Balaban J connectivity index is 0.000000148. The van der Waals surface area contributed by atoms with Crippen molar-refractivity contribution in [1.29, 1.82) is 5.26 Å². The number of primary amides is 1. The van der Waals surface area contributed by atoms with E-state index in [0.29, 0.717) is 29.1 Å². The number of rotatable bonds is 7. The molecule has 57 heavy (non-hydrogen) atoms. The normalized spacial score (nSPS) is 18.3. The van der Waals surface area contributed by atoms with E-state index in [2.05, 4.69) is 67.4 Å². The zero-order valence-electron chi connectivity index (χ0n) is 32.2. The van der Waals surface area contributed by atoms with Gasteiger partial charge in [0.15, 0.2) is 11.6 Å². The summed E-state index contributed by atoms with van der Waals surface area (Å²) in [6, 6.07) is 22.1. The van der Waals surface area contributed by atoms with E-state index in [4.69, 9.17) is 15.7 Å². The molecule has 1 amide bonds. The Hall–Kier alpha value is -7.22. The first-order valence-corrected chi connectivity index (χ1v) is 18.6. The molecular formula is C40H38N16O. The molecule has 0 spiro atoms. The number of nitriles is 1. The van der Waals surface area contributed by atoms with Gasteiger partial charge in [-0.2, -0.15) is 19.6 Å². The third-order valence-corrected chi connectivity index (χ3v) is 10.6. The van der Waals surface area contributed by atoms with Gasteiger partial charge in [-0.1, -0.05) is 24.3 Å². The molecule has 6 heterocycles. The van der Waals surface area contributed by atoms with Gasteiger partial charge >= 0.3 is 0 Å². The number of nitrogens with two attached hydrogens (primary N) is 1. The zero-order valence-corrected chi connectivity index (χ0v) is 32.2. The lowest BCUT2D eigenvalue weighted by molar-refractivity contribution is 0.0990. The van der Waals surface area contributed by atoms with Gasteiger partial charge in [0.2, 0.25) is 11.6 Å². The summed E-state index contributed by atoms with van der Waals surface area (Å²) in [4.78, 5) is 47.6. The summed E-state index contributed by atoms with van der Waals surface area (Å²) in [6.07, 6.45) is 1.86. The van der Waals surface area contributed by atoms with Crippen molar-refractivity contribution in [3.8, 4) is 17.7 Å². The molecular weight excluding hydrogens is 721 g/mol. The summed E-state index contributed by atoms with van der Waals surface area (Å²) in [6.45, 7) is 7.35. The van der Waals surface area contributed by atoms with Crippen molar-refractivity contribution in [2.75, 3.05) is 0 Å². The molecule has 10 rings (SSSR count). The Morgan fingerprint density at radius 1 is 0.649 bits per heavy atom. The zero-order chi connectivity index (χ0) is 39.7. The summed E-state index contributed by atoms with van der Waals surface area (Å²) < 4.78 is 7.55. The van der Waals surface area contributed by atoms with Crippen LogP contribution in [-0.2, 0) is 14.1 Å². The van der Waals surface area contributed by atoms with Gasteiger partial charge in [0.1, 0.15) is 41.0 Å². The maximum absolute atomic E-state index is 11.8. The Labute approximate surface area is 326 Å². The van der Waals surface area contributed by atoms with E-state index >= 15 is 0 Å². The quantitative estimate of drug-likeness (QED) is 0.235. The SMILES string of the molecule is Cc1nc(C)n(-c2cc(C3CC3c3nc4ccccc4n3C)nc(C#N)n2)n1.Cc1nc(C)n(-c2cc(C3CC3c3nc4ccccc4n3C)nc(C(N)=O)n2)n1. The molecule has 2 saturated carbocycles. The number of carbonyl (C=O) groups excluding carboxylic acids is 1. The summed E-state index contributed by atoms with van der Waals surface area (Å²) in [5, 5.41) is 18.2. The highest BCUT2D eigenvalue weighted by Crippen LogP contribution is 2.55. The van der Waals surface area contributed by atoms with Crippen LogP contribution >= 0.6 is 0 Å². The predicted octanol–water partition coefficient (Wildman–Crippen LogP) is 4.63. The van der Waals surface area contributed by atoms with Gasteiger partial charge in [-0.15, -0.1) is 10.2 Å². The molecule has 17 heteroatoms. The number of benzene rings is 2. The van der Waals surface area contributed by atoms with Crippen LogP contribution < -0.4 is 5.73 Å². The molecule has 8 aromatic rings. The van der Waals surface area contributed by atoms with Crippen molar-refractivity contribution in [3.05, 3.63) is 119 Å². The highest BCUT2D eigenvalue weighted by molar-refractivity contribution is 5.89. The summed E-state index contributed by atoms with van der Waals surface area (Å²) >= 11 is 0. The fourth-order valence-corrected chi connectivity index (χ4v) is 7.74. The van der Waals surface area contributed by atoms with Crippen LogP contribution in [0, 0.1) is 39.0 Å². The van der Waals surface area contributed by atoms with Crippen molar-refractivity contribution in [2.24, 2.45) is 19.8 Å². The van der Waals surface area contributed by atoms with Crippen LogP contribution in [0.3, 0.4) is 0 Å². The molecule has 0 bridgehead atoms. The van der Waals surface area contributed by atoms with Crippen LogP contribution in [0.4, 0.5) is 0 Å². The van der Waals surface area contributed by atoms with E-state index in [0.717, 1.165) is 63.8 Å².